The zero-order valence-electron chi connectivity index (χ0n) is 13.9. The Balaban J connectivity index is 0.00000182. The van der Waals surface area contributed by atoms with Crippen molar-refractivity contribution in [2.45, 2.75) is 32.6 Å². The van der Waals surface area contributed by atoms with Crippen molar-refractivity contribution in [2.75, 3.05) is 18.4 Å². The fourth-order valence-corrected chi connectivity index (χ4v) is 3.22. The van der Waals surface area contributed by atoms with Crippen LogP contribution in [-0.2, 0) is 0 Å². The lowest BCUT2D eigenvalue weighted by Gasteiger charge is -2.28. The number of aromatic nitrogens is 2. The highest BCUT2D eigenvalue weighted by Gasteiger charge is 2.15. The Morgan fingerprint density at radius 3 is 2.88 bits per heavy atom. The van der Waals surface area contributed by atoms with Gasteiger partial charge < -0.3 is 14.6 Å². The number of nitrogens with zero attached hydrogens (tertiary/aromatic N) is 5. The Labute approximate surface area is 143 Å². The third kappa shape index (κ3) is 3.18. The molecule has 1 fully saturated rings. The number of piperidine rings is 1. The molecule has 1 N–H and O–H groups in total. The summed E-state index contributed by atoms with van der Waals surface area (Å²) in [6, 6.07) is 4.05. The molecule has 126 valence electrons. The monoisotopic (exact) mass is 324 g/mol. The molecule has 0 radical (unpaired) electrons. The van der Waals surface area contributed by atoms with E-state index in [4.69, 9.17) is 4.99 Å². The fraction of sp³-hybridized carbons (Fsp3) is 0.389. The van der Waals surface area contributed by atoms with Crippen LogP contribution < -0.4 is 5.32 Å². The first-order valence-corrected chi connectivity index (χ1v) is 8.56. The zero-order chi connectivity index (χ0) is 16.4. The summed E-state index contributed by atoms with van der Waals surface area (Å²) < 4.78 is 1.99. The van der Waals surface area contributed by atoms with Crippen molar-refractivity contribution in [2.24, 2.45) is 9.98 Å². The average molecular weight is 324 g/mol. The van der Waals surface area contributed by atoms with Crippen LogP contribution in [0.5, 0.6) is 0 Å². The molecule has 6 heteroatoms. The van der Waals surface area contributed by atoms with Gasteiger partial charge in [0.25, 0.3) is 0 Å². The van der Waals surface area contributed by atoms with Crippen molar-refractivity contribution in [1.82, 2.24) is 14.3 Å². The van der Waals surface area contributed by atoms with Crippen molar-refractivity contribution in [1.29, 1.82) is 0 Å². The van der Waals surface area contributed by atoms with Crippen molar-refractivity contribution in [3.8, 4) is 0 Å². The van der Waals surface area contributed by atoms with Crippen LogP contribution >= 0.6 is 0 Å². The first-order valence-electron chi connectivity index (χ1n) is 8.56. The summed E-state index contributed by atoms with van der Waals surface area (Å²) in [7, 11) is 0. The van der Waals surface area contributed by atoms with Crippen LogP contribution in [0.3, 0.4) is 0 Å². The highest BCUT2D eigenvalue weighted by molar-refractivity contribution is 6.04. The van der Waals surface area contributed by atoms with E-state index < -0.39 is 0 Å². The number of likely N-dealkylation sites (tertiary alicyclic amines) is 1. The van der Waals surface area contributed by atoms with E-state index in [1.807, 2.05) is 35.9 Å². The lowest BCUT2D eigenvalue weighted by Crippen LogP contribution is -2.28. The van der Waals surface area contributed by atoms with Gasteiger partial charge >= 0.3 is 0 Å². The smallest absolute Gasteiger partial charge is 0.138 e. The van der Waals surface area contributed by atoms with Crippen LogP contribution in [0.1, 0.15) is 34.0 Å². The van der Waals surface area contributed by atoms with Gasteiger partial charge in [-0.3, -0.25) is 0 Å². The van der Waals surface area contributed by atoms with E-state index in [0.717, 1.165) is 48.3 Å². The van der Waals surface area contributed by atoms with E-state index in [1.165, 1.54) is 19.3 Å². The molecule has 4 heterocycles. The molecular weight excluding hydrogens is 300 g/mol. The summed E-state index contributed by atoms with van der Waals surface area (Å²) in [6.45, 7) is 4.16. The highest BCUT2D eigenvalue weighted by Crippen LogP contribution is 2.19. The van der Waals surface area contributed by atoms with E-state index in [2.05, 4.69) is 26.3 Å². The summed E-state index contributed by atoms with van der Waals surface area (Å²) in [5, 5.41) is 3.41. The number of fused-ring (bicyclic) bond motifs is 1. The molecule has 2 aliphatic heterocycles. The average Bonchev–Trinajstić information content (AvgIpc) is 2.98. The molecule has 24 heavy (non-hydrogen) atoms. The number of amidine groups is 2. The van der Waals surface area contributed by atoms with Gasteiger partial charge in [0.2, 0.25) is 0 Å². The SMILES string of the molecule is CC1=NC(N2CCCCC2)=CCC(Nc2ccn3ccnc3c2)=N1.[HH]. The van der Waals surface area contributed by atoms with Crippen molar-refractivity contribution < 1.29 is 1.43 Å². The van der Waals surface area contributed by atoms with Crippen LogP contribution in [0.4, 0.5) is 5.69 Å². The Morgan fingerprint density at radius 1 is 1.12 bits per heavy atom. The van der Waals surface area contributed by atoms with Gasteiger partial charge in [0, 0.05) is 51.3 Å². The summed E-state index contributed by atoms with van der Waals surface area (Å²) in [5.74, 6) is 2.78. The first kappa shape index (κ1) is 14.9. The number of hydrogen-bond acceptors (Lipinski definition) is 5. The Morgan fingerprint density at radius 2 is 2.00 bits per heavy atom. The number of anilines is 1. The molecule has 6 nitrogen and oxygen atoms in total. The number of hydrogen-bond donors (Lipinski definition) is 1. The van der Waals surface area contributed by atoms with Gasteiger partial charge in [-0.2, -0.15) is 0 Å². The van der Waals surface area contributed by atoms with Crippen molar-refractivity contribution >= 4 is 23.0 Å². The summed E-state index contributed by atoms with van der Waals surface area (Å²) in [6.07, 6.45) is 12.5. The molecule has 4 rings (SSSR count). The molecular formula is C18H24N6. The first-order chi connectivity index (χ1) is 11.8. The molecule has 0 spiro atoms. The molecule has 0 amide bonds. The quantitative estimate of drug-likeness (QED) is 0.919. The third-order valence-corrected chi connectivity index (χ3v) is 4.42. The van der Waals surface area contributed by atoms with Crippen LogP contribution in [0.25, 0.3) is 5.65 Å². The molecule has 0 saturated carbocycles. The van der Waals surface area contributed by atoms with Gasteiger partial charge in [-0.25, -0.2) is 15.0 Å². The number of imidazole rings is 1. The predicted molar refractivity (Wildman–Crippen MR) is 99.6 cm³/mol. The number of nitrogens with one attached hydrogen (secondary N) is 1. The summed E-state index contributed by atoms with van der Waals surface area (Å²) >= 11 is 0. The van der Waals surface area contributed by atoms with E-state index in [9.17, 15) is 0 Å². The minimum atomic E-state index is 0. The normalized spacial score (nSPS) is 18.7. The van der Waals surface area contributed by atoms with E-state index >= 15 is 0 Å². The van der Waals surface area contributed by atoms with E-state index in [-0.39, 0.29) is 1.43 Å². The van der Waals surface area contributed by atoms with Gasteiger partial charge in [0.1, 0.15) is 23.1 Å². The Hall–Kier alpha value is -2.63. The van der Waals surface area contributed by atoms with Crippen LogP contribution in [0, 0.1) is 0 Å². The van der Waals surface area contributed by atoms with Crippen molar-refractivity contribution in [3.63, 3.8) is 0 Å². The molecule has 1 saturated heterocycles. The summed E-state index contributed by atoms with van der Waals surface area (Å²) in [4.78, 5) is 16.0. The molecule has 0 bridgehead atoms. The second-order valence-corrected chi connectivity index (χ2v) is 6.26. The lowest BCUT2D eigenvalue weighted by atomic mass is 10.1. The standard InChI is InChI=1S/C18H22N6.H2/c1-14-20-16(5-6-17(21-14)23-9-3-2-4-10-23)22-15-7-11-24-12-8-19-18(24)13-15;/h6-8,11-13H,2-5,9-10H2,1H3,(H,20,21,22);1H. The fourth-order valence-electron chi connectivity index (χ4n) is 3.22. The lowest BCUT2D eigenvalue weighted by molar-refractivity contribution is 0.282. The number of rotatable bonds is 2. The number of aliphatic imine (C=N–C) groups is 2. The van der Waals surface area contributed by atoms with E-state index in [1.54, 1.807) is 6.20 Å². The van der Waals surface area contributed by atoms with Gasteiger partial charge in [-0.05, 0) is 38.3 Å². The third-order valence-electron chi connectivity index (χ3n) is 4.42. The van der Waals surface area contributed by atoms with Crippen molar-refractivity contribution in [3.05, 3.63) is 42.6 Å². The molecule has 0 atom stereocenters. The topological polar surface area (TPSA) is 57.3 Å². The maximum absolute atomic E-state index is 4.69. The van der Waals surface area contributed by atoms with E-state index in [0.29, 0.717) is 0 Å². The molecule has 0 unspecified atom stereocenters. The van der Waals surface area contributed by atoms with Crippen LogP contribution in [0.15, 0.2) is 52.6 Å². The Kier molecular flexibility index (Phi) is 4.02. The Bertz CT molecular complexity index is 829. The molecule has 2 aromatic heterocycles. The predicted octanol–water partition coefficient (Wildman–Crippen LogP) is 3.54. The maximum atomic E-state index is 4.69. The zero-order valence-corrected chi connectivity index (χ0v) is 13.9. The van der Waals surface area contributed by atoms with Gasteiger partial charge in [-0.15, -0.1) is 0 Å². The summed E-state index contributed by atoms with van der Waals surface area (Å²) in [5.41, 5.74) is 1.92. The molecule has 0 aliphatic carbocycles. The van der Waals surface area contributed by atoms with Crippen LogP contribution in [0.2, 0.25) is 0 Å². The minimum absolute atomic E-state index is 0. The number of pyridine rings is 1. The molecule has 2 aliphatic rings. The molecule has 2 aromatic rings. The van der Waals surface area contributed by atoms with Gasteiger partial charge in [-0.1, -0.05) is 0 Å². The van der Waals surface area contributed by atoms with Crippen LogP contribution in [-0.4, -0.2) is 39.0 Å². The van der Waals surface area contributed by atoms with Gasteiger partial charge in [0.15, 0.2) is 0 Å². The largest absolute Gasteiger partial charge is 0.357 e. The van der Waals surface area contributed by atoms with Gasteiger partial charge in [0.05, 0.1) is 0 Å². The molecule has 0 aromatic carbocycles. The second kappa shape index (κ2) is 6.47. The minimum Gasteiger partial charge on any atom is -0.357 e. The highest BCUT2D eigenvalue weighted by atomic mass is 15.2. The second-order valence-electron chi connectivity index (χ2n) is 6.26. The maximum Gasteiger partial charge on any atom is 0.138 e.